The number of nitrogens with one attached hydrogen (secondary N) is 1. The summed E-state index contributed by atoms with van der Waals surface area (Å²) in [5.41, 5.74) is 3.62. The summed E-state index contributed by atoms with van der Waals surface area (Å²) < 4.78 is 40.9. The van der Waals surface area contributed by atoms with Gasteiger partial charge in [-0.05, 0) is 62.2 Å². The molecule has 0 fully saturated rings. The summed E-state index contributed by atoms with van der Waals surface area (Å²) in [6.45, 7) is 5.20. The number of aromatic nitrogens is 5. The van der Waals surface area contributed by atoms with Gasteiger partial charge in [0.2, 0.25) is 0 Å². The van der Waals surface area contributed by atoms with Gasteiger partial charge in [0.25, 0.3) is 0 Å². The second-order valence-corrected chi connectivity index (χ2v) is 7.99. The Balaban J connectivity index is 1.57. The van der Waals surface area contributed by atoms with Crippen LogP contribution in [0, 0.1) is 13.8 Å². The van der Waals surface area contributed by atoms with Gasteiger partial charge in [-0.2, -0.15) is 13.2 Å². The minimum Gasteiger partial charge on any atom is -0.390 e. The molecule has 1 atom stereocenters. The van der Waals surface area contributed by atoms with Gasteiger partial charge in [-0.25, -0.2) is 9.97 Å². The number of hydrogen-bond donors (Lipinski definition) is 2. The van der Waals surface area contributed by atoms with Crippen molar-refractivity contribution >= 4 is 5.82 Å². The van der Waals surface area contributed by atoms with Crippen LogP contribution >= 0.6 is 0 Å². The number of aliphatic hydroxyl groups excluding tert-OH is 1. The molecule has 0 amide bonds. The topological polar surface area (TPSA) is 88.8 Å². The summed E-state index contributed by atoms with van der Waals surface area (Å²) in [7, 11) is 0. The number of aryl methyl sites for hydroxylation is 2. The molecule has 0 unspecified atom stereocenters. The molecule has 0 bridgehead atoms. The van der Waals surface area contributed by atoms with E-state index in [-0.39, 0.29) is 6.61 Å². The van der Waals surface area contributed by atoms with E-state index >= 15 is 0 Å². The number of nitrogens with zero attached hydrogens (tertiary/aromatic N) is 5. The fraction of sp³-hybridized carbons (Fsp3) is 0.250. The van der Waals surface area contributed by atoms with E-state index in [1.54, 1.807) is 36.0 Å². The Kier molecular flexibility index (Phi) is 6.34. The first-order chi connectivity index (χ1) is 16.2. The Morgan fingerprint density at radius 1 is 1.06 bits per heavy atom. The Hall–Kier alpha value is -3.79. The molecule has 7 nitrogen and oxygen atoms in total. The van der Waals surface area contributed by atoms with E-state index in [2.05, 4.69) is 25.5 Å². The highest BCUT2D eigenvalue weighted by atomic mass is 19.4. The minimum absolute atomic E-state index is 0.263. The lowest BCUT2D eigenvalue weighted by Crippen LogP contribution is -2.12. The quantitative estimate of drug-likeness (QED) is 0.413. The van der Waals surface area contributed by atoms with Gasteiger partial charge in [-0.3, -0.25) is 0 Å². The molecular formula is C24H23F3N6O. The van der Waals surface area contributed by atoms with Crippen LogP contribution in [0.15, 0.2) is 55.0 Å². The van der Waals surface area contributed by atoms with Crippen molar-refractivity contribution in [2.24, 2.45) is 0 Å². The minimum atomic E-state index is -4.40. The lowest BCUT2D eigenvalue weighted by Gasteiger charge is -2.18. The molecule has 34 heavy (non-hydrogen) atoms. The summed E-state index contributed by atoms with van der Waals surface area (Å²) in [5.74, 6) is 0.460. The van der Waals surface area contributed by atoms with Crippen LogP contribution in [0.3, 0.4) is 0 Å². The van der Waals surface area contributed by atoms with Crippen molar-refractivity contribution in [1.82, 2.24) is 24.7 Å². The fourth-order valence-corrected chi connectivity index (χ4v) is 3.57. The number of pyridine rings is 1. The molecule has 0 saturated carbocycles. The van der Waals surface area contributed by atoms with Crippen LogP contribution in [0.4, 0.5) is 19.0 Å². The van der Waals surface area contributed by atoms with Gasteiger partial charge in [0.05, 0.1) is 47.3 Å². The standard InChI is InChI=1S/C24H23F3N6O/c1-14-9-20(19-7-8-22(21(12-34)30-19)33-11-15(2)28-13-33)31-32-23(14)29-16(3)17-5-4-6-18(10-17)24(25,26)27/h4-11,13,16,34H,12H2,1-3H3,(H,29,32)/t16-/m0/s1. The first-order valence-electron chi connectivity index (χ1n) is 10.6. The maximum atomic E-state index is 13.0. The molecule has 4 aromatic rings. The highest BCUT2D eigenvalue weighted by Gasteiger charge is 2.30. The summed E-state index contributed by atoms with van der Waals surface area (Å²) in [4.78, 5) is 8.73. The van der Waals surface area contributed by atoms with Crippen LogP contribution in [-0.2, 0) is 12.8 Å². The van der Waals surface area contributed by atoms with Crippen molar-refractivity contribution in [3.8, 4) is 17.1 Å². The highest BCUT2D eigenvalue weighted by molar-refractivity contribution is 5.60. The lowest BCUT2D eigenvalue weighted by molar-refractivity contribution is -0.137. The van der Waals surface area contributed by atoms with Gasteiger partial charge in [-0.1, -0.05) is 12.1 Å². The van der Waals surface area contributed by atoms with Crippen molar-refractivity contribution < 1.29 is 18.3 Å². The molecule has 3 aromatic heterocycles. The van der Waals surface area contributed by atoms with E-state index < -0.39 is 17.8 Å². The largest absolute Gasteiger partial charge is 0.416 e. The average molecular weight is 468 g/mol. The Morgan fingerprint density at radius 3 is 2.50 bits per heavy atom. The Morgan fingerprint density at radius 2 is 1.85 bits per heavy atom. The molecule has 4 rings (SSSR count). The van der Waals surface area contributed by atoms with E-state index in [9.17, 15) is 18.3 Å². The molecule has 0 radical (unpaired) electrons. The third-order valence-corrected chi connectivity index (χ3v) is 5.40. The zero-order valence-electron chi connectivity index (χ0n) is 18.8. The normalized spacial score (nSPS) is 12.6. The smallest absolute Gasteiger partial charge is 0.390 e. The molecule has 0 aliphatic rings. The van der Waals surface area contributed by atoms with E-state index in [1.807, 2.05) is 26.1 Å². The predicted molar refractivity (Wildman–Crippen MR) is 121 cm³/mol. The Labute approximate surface area is 194 Å². The van der Waals surface area contributed by atoms with Gasteiger partial charge < -0.3 is 15.0 Å². The van der Waals surface area contributed by atoms with Crippen molar-refractivity contribution in [2.45, 2.75) is 39.6 Å². The van der Waals surface area contributed by atoms with Gasteiger partial charge in [-0.15, -0.1) is 10.2 Å². The number of aliphatic hydroxyl groups is 1. The predicted octanol–water partition coefficient (Wildman–Crippen LogP) is 5.03. The number of halogens is 3. The molecular weight excluding hydrogens is 445 g/mol. The zero-order valence-corrected chi connectivity index (χ0v) is 18.8. The van der Waals surface area contributed by atoms with Crippen molar-refractivity contribution in [2.75, 3.05) is 5.32 Å². The third kappa shape index (κ3) is 4.91. The van der Waals surface area contributed by atoms with Crippen LogP contribution in [-0.4, -0.2) is 29.8 Å². The number of rotatable bonds is 6. The van der Waals surface area contributed by atoms with Crippen LogP contribution in [0.25, 0.3) is 17.1 Å². The number of anilines is 1. The van der Waals surface area contributed by atoms with Crippen molar-refractivity contribution in [3.63, 3.8) is 0 Å². The second kappa shape index (κ2) is 9.22. The zero-order chi connectivity index (χ0) is 24.5. The summed E-state index contributed by atoms with van der Waals surface area (Å²) in [5, 5.41) is 21.4. The average Bonchev–Trinajstić information content (AvgIpc) is 3.25. The van der Waals surface area contributed by atoms with Crippen LogP contribution in [0.5, 0.6) is 0 Å². The SMILES string of the molecule is Cc1cn(-c2ccc(-c3cc(C)c(N[C@@H](C)c4cccc(C(F)(F)F)c4)nn3)nc2CO)cn1. The maximum Gasteiger partial charge on any atom is 0.416 e. The van der Waals surface area contributed by atoms with E-state index in [0.717, 1.165) is 23.4 Å². The molecule has 3 heterocycles. The number of benzene rings is 1. The molecule has 0 saturated heterocycles. The van der Waals surface area contributed by atoms with Crippen molar-refractivity contribution in [3.05, 3.63) is 83.1 Å². The van der Waals surface area contributed by atoms with Gasteiger partial charge >= 0.3 is 6.18 Å². The molecule has 1 aromatic carbocycles. The summed E-state index contributed by atoms with van der Waals surface area (Å²) in [6.07, 6.45) is -0.910. The van der Waals surface area contributed by atoms with Gasteiger partial charge in [0, 0.05) is 6.20 Å². The monoisotopic (exact) mass is 468 g/mol. The third-order valence-electron chi connectivity index (χ3n) is 5.40. The molecule has 176 valence electrons. The van der Waals surface area contributed by atoms with Crippen LogP contribution in [0.1, 0.15) is 41.0 Å². The van der Waals surface area contributed by atoms with Crippen LogP contribution in [0.2, 0.25) is 0 Å². The molecule has 2 N–H and O–H groups in total. The van der Waals surface area contributed by atoms with Crippen molar-refractivity contribution in [1.29, 1.82) is 0 Å². The first kappa shape index (κ1) is 23.4. The van der Waals surface area contributed by atoms with Gasteiger partial charge in [0.1, 0.15) is 5.69 Å². The highest BCUT2D eigenvalue weighted by Crippen LogP contribution is 2.31. The first-order valence-corrected chi connectivity index (χ1v) is 10.6. The molecule has 0 spiro atoms. The number of imidazole rings is 1. The van der Waals surface area contributed by atoms with Gasteiger partial charge in [0.15, 0.2) is 5.82 Å². The maximum absolute atomic E-state index is 13.0. The number of hydrogen-bond acceptors (Lipinski definition) is 6. The van der Waals surface area contributed by atoms with Crippen LogP contribution < -0.4 is 5.32 Å². The number of alkyl halides is 3. The second-order valence-electron chi connectivity index (χ2n) is 7.99. The lowest BCUT2D eigenvalue weighted by atomic mass is 10.0. The Bertz CT molecular complexity index is 1320. The van der Waals surface area contributed by atoms with E-state index in [0.29, 0.717) is 34.2 Å². The molecule has 10 heteroatoms. The van der Waals surface area contributed by atoms with E-state index in [1.165, 1.54) is 6.07 Å². The molecule has 0 aliphatic carbocycles. The summed E-state index contributed by atoms with van der Waals surface area (Å²) >= 11 is 0. The summed E-state index contributed by atoms with van der Waals surface area (Å²) in [6, 6.07) is 10.2. The van der Waals surface area contributed by atoms with E-state index in [4.69, 9.17) is 0 Å². The fourth-order valence-electron chi connectivity index (χ4n) is 3.57. The molecule has 0 aliphatic heterocycles.